The zero-order chi connectivity index (χ0) is 127. The Morgan fingerprint density at radius 1 is 0.462 bits per heavy atom. The van der Waals surface area contributed by atoms with E-state index in [-0.39, 0.29) is 61.7 Å². The van der Waals surface area contributed by atoms with Crippen LogP contribution in [0.3, 0.4) is 0 Å². The van der Waals surface area contributed by atoms with Gasteiger partial charge in [-0.05, 0) is 94.8 Å². The highest BCUT2D eigenvalue weighted by Crippen LogP contribution is 2.35. The fraction of sp³-hybridized carbons (Fsp3) is 0.516. The molecular weight excluding hydrogens is 1230 g/mol. The lowest BCUT2D eigenvalue weighted by Crippen LogP contribution is -2.55. The number of nitrogens with one attached hydrogen (secondary N) is 2. The zero-order valence-electron chi connectivity index (χ0n) is 111. The molecule has 0 radical (unpaired) electrons. The minimum atomic E-state index is -1.42. The van der Waals surface area contributed by atoms with Crippen molar-refractivity contribution in [2.45, 2.75) is 161 Å². The number of rotatable bonds is 17. The first kappa shape index (κ1) is 43.2. The van der Waals surface area contributed by atoms with E-state index >= 15 is 0 Å². The average molecular weight is 1490 g/mol. The Labute approximate surface area is 624 Å². The Morgan fingerprint density at radius 3 is 1.25 bits per heavy atom. The molecule has 0 spiro atoms. The average Bonchev–Trinajstić information content (AvgIpc) is 0.788. The van der Waals surface area contributed by atoms with E-state index in [1.807, 2.05) is 13.0 Å². The van der Waals surface area contributed by atoms with Gasteiger partial charge in [0.15, 0.2) is 6.29 Å². The lowest BCUT2D eigenvalue weighted by Gasteiger charge is -2.39. The van der Waals surface area contributed by atoms with Crippen molar-refractivity contribution in [1.29, 1.82) is 0 Å². The Balaban J connectivity index is -0.0000000538. The number of carbonyl (C=O) groups is 7. The van der Waals surface area contributed by atoms with Gasteiger partial charge in [0.05, 0.1) is 26.4 Å². The fourth-order valence-corrected chi connectivity index (χ4v) is 9.81. The van der Waals surface area contributed by atoms with Crippen LogP contribution in [0.15, 0.2) is 84.9 Å². The first-order valence-electron chi connectivity index (χ1n) is 58.6. The Hall–Kier alpha value is -7.81. The fourth-order valence-electron chi connectivity index (χ4n) is 9.81. The van der Waals surface area contributed by atoms with E-state index < -0.39 is 116 Å². The number of ether oxygens (including phenoxy) is 11. The van der Waals surface area contributed by atoms with Crippen molar-refractivity contribution in [1.82, 2.24) is 10.6 Å². The second-order valence-corrected chi connectivity index (χ2v) is 22.1. The van der Waals surface area contributed by atoms with Crippen LogP contribution in [0.25, 0.3) is 22.3 Å². The van der Waals surface area contributed by atoms with Crippen molar-refractivity contribution in [2.75, 3.05) is 39.5 Å². The molecule has 16 atom stereocenters. The molecule has 8 rings (SSSR count). The summed E-state index contributed by atoms with van der Waals surface area (Å²) in [4.78, 5) is 79.1. The van der Waals surface area contributed by atoms with E-state index in [1.54, 1.807) is 61.5 Å². The van der Waals surface area contributed by atoms with Gasteiger partial charge < -0.3 is 98.5 Å². The molecule has 4 aliphatic heterocycles. The number of hydrogen-bond acceptors (Lipinski definition) is 25. The molecule has 0 aromatic heterocycles. The minimum Gasteiger partial charge on any atom is -0.462 e. The third kappa shape index (κ3) is 23.9. The SMILES string of the molecule is CC(=O)NCCc1ccc(OC2OC[C@H](C)[C@@H](OC(C)=O)[C@@H]2OC(C)=O)cc1-c1cccc(F)c1.CC(=O)NCCc1ccc(OC2OC[C@H](O)[C@@H](O)[C@@H]2O)cc1-c1cccc(F)c1.CC(=O)OC1OC[C@H](C)[C@@H](OC(C)=O)[C@@H]1OC(C)=O.OC1OC[C@H](O)[C@@H](O)[C@@H]1O.[3H][3H].[3H][3H].[3H][3H].[3H][3H].[3H][3H].[3H][3H].[3H][3H].[3H][3H].[3H][3H].[3H][3H].[3H][3H].[3H][3H].[3H][3H].[3H][3H].[3H][3H].[3H][3H].[3H][3H].[3H][3H].[3H][3H].[3H][3H].[3H][3H].[3H][3H].[3H][3H].[3H][3H].[3H][3H].[3H][3H].[3H][3H].[3H][3H].[3H][3H]. The quantitative estimate of drug-likeness (QED) is 0.0351. The molecule has 570 valence electrons. The molecule has 0 saturated carbocycles. The van der Waals surface area contributed by atoms with Crippen LogP contribution in [0.4, 0.5) is 8.78 Å². The number of esters is 5. The third-order valence-electron chi connectivity index (χ3n) is 14.2. The predicted octanol–water partition coefficient (Wildman–Crippen LogP) is 9.35. The molecule has 93 heavy (non-hydrogen) atoms. The summed E-state index contributed by atoms with van der Waals surface area (Å²) in [6.07, 6.45) is -14.8. The molecule has 9 N–H and O–H groups in total. The highest BCUT2D eigenvalue weighted by Gasteiger charge is 2.47. The van der Waals surface area contributed by atoms with Crippen LogP contribution in [0.5, 0.6) is 11.5 Å². The van der Waals surface area contributed by atoms with Gasteiger partial charge in [0.25, 0.3) is 0 Å². The number of amides is 2. The van der Waals surface area contributed by atoms with Crippen molar-refractivity contribution < 1.29 is 216 Å². The summed E-state index contributed by atoms with van der Waals surface area (Å²) in [5.74, 6) is -3.42. The molecule has 27 nitrogen and oxygen atoms in total. The smallest absolute Gasteiger partial charge is 0.305 e. The first-order valence-corrected chi connectivity index (χ1v) is 29.6. The van der Waals surface area contributed by atoms with E-state index in [4.69, 9.17) is 154 Å². The van der Waals surface area contributed by atoms with E-state index in [2.05, 4.69) is 15.4 Å². The summed E-state index contributed by atoms with van der Waals surface area (Å²) >= 11 is 0. The summed E-state index contributed by atoms with van der Waals surface area (Å²) < 4.78 is 376. The van der Waals surface area contributed by atoms with Gasteiger partial charge in [-0.25, -0.2) is 8.78 Å². The summed E-state index contributed by atoms with van der Waals surface area (Å²) in [6, 6.07) is 22.7. The van der Waals surface area contributed by atoms with Gasteiger partial charge in [0.2, 0.25) is 42.9 Å². The van der Waals surface area contributed by atoms with Gasteiger partial charge in [0.1, 0.15) is 72.0 Å². The molecule has 29 heteroatoms. The summed E-state index contributed by atoms with van der Waals surface area (Å²) in [6.45, 7) is 13.7. The second kappa shape index (κ2) is 36.6. The molecule has 4 aromatic rings. The van der Waals surface area contributed by atoms with Crippen LogP contribution < -0.4 is 20.1 Å². The number of benzene rings is 4. The lowest BCUT2D eigenvalue weighted by molar-refractivity contribution is -0.260. The largest absolute Gasteiger partial charge is 0.462 e. The van der Waals surface area contributed by atoms with Crippen LogP contribution in [-0.2, 0) is 89.0 Å². The molecule has 0 bridgehead atoms. The van der Waals surface area contributed by atoms with Crippen molar-refractivity contribution in [3.05, 3.63) is 108 Å². The van der Waals surface area contributed by atoms with Gasteiger partial charge in [-0.2, -0.15) is 0 Å². The van der Waals surface area contributed by atoms with E-state index in [1.165, 1.54) is 72.7 Å². The molecule has 4 fully saturated rings. The number of halogens is 2. The van der Waals surface area contributed by atoms with Gasteiger partial charge in [-0.3, -0.25) is 33.6 Å². The number of aliphatic hydroxyl groups is 7. The molecule has 4 aliphatic rings. The Kier molecular flexibility index (Phi) is 17.0. The highest BCUT2D eigenvalue weighted by atomic mass is 19.1. The van der Waals surface area contributed by atoms with Crippen LogP contribution in [-0.4, -0.2) is 203 Å². The van der Waals surface area contributed by atoms with Crippen molar-refractivity contribution in [2.24, 2.45) is 11.8 Å². The van der Waals surface area contributed by atoms with Gasteiger partial charge in [-0.15, -0.1) is 0 Å². The maximum Gasteiger partial charge on any atom is 0.305 e. The van der Waals surface area contributed by atoms with Gasteiger partial charge in [-0.1, -0.05) is 50.2 Å². The molecular formula is C64H140F2N2O25. The maximum atomic E-state index is 14.0. The second-order valence-electron chi connectivity index (χ2n) is 22.1. The Morgan fingerprint density at radius 2 is 0.839 bits per heavy atom. The minimum absolute atomic E-state index is 0.138. The molecule has 2 amide bonds. The lowest BCUT2D eigenvalue weighted by atomic mass is 9.96. The molecule has 4 saturated heterocycles. The number of hydrogen-bond donors (Lipinski definition) is 9. The third-order valence-corrected chi connectivity index (χ3v) is 14.2. The molecule has 4 heterocycles. The molecule has 4 aromatic carbocycles. The number of carbonyl (C=O) groups excluding carboxylic acids is 7. The monoisotopic (exact) mass is 1490 g/mol. The predicted molar refractivity (Wildman–Crippen MR) is 381 cm³/mol. The zero-order valence-corrected chi connectivity index (χ0v) is 52.7. The van der Waals surface area contributed by atoms with Crippen LogP contribution in [0.2, 0.25) is 0 Å². The van der Waals surface area contributed by atoms with Gasteiger partial charge in [0, 0.05) is 160 Å². The van der Waals surface area contributed by atoms with Crippen molar-refractivity contribution >= 4 is 41.7 Å². The summed E-state index contributed by atoms with van der Waals surface area (Å²) in [7, 11) is 0. The van der Waals surface area contributed by atoms with Crippen LogP contribution in [0.1, 0.15) is 160 Å². The van der Waals surface area contributed by atoms with E-state index in [0.717, 1.165) is 16.7 Å². The van der Waals surface area contributed by atoms with Crippen molar-refractivity contribution in [3.8, 4) is 33.8 Å². The summed E-state index contributed by atoms with van der Waals surface area (Å²) in [5, 5.41) is 70.2. The topological polar surface area (TPSA) is 387 Å². The van der Waals surface area contributed by atoms with E-state index in [0.29, 0.717) is 54.1 Å². The molecule has 4 unspecified atom stereocenters. The maximum absolute atomic E-state index is 14.0. The normalized spacial score (nSPS) is 29.7. The van der Waals surface area contributed by atoms with E-state index in [9.17, 15) is 57.7 Å². The first-order chi connectivity index (χ1) is 72.9. The summed E-state index contributed by atoms with van der Waals surface area (Å²) in [5.41, 5.74) is 4.45. The van der Waals surface area contributed by atoms with Crippen LogP contribution in [0, 0.1) is 23.5 Å². The van der Waals surface area contributed by atoms with Crippen LogP contribution >= 0.6 is 0 Å². The van der Waals surface area contributed by atoms with Gasteiger partial charge >= 0.3 is 29.8 Å². The highest BCUT2D eigenvalue weighted by molar-refractivity contribution is 5.74. The molecule has 0 aliphatic carbocycles. The Bertz CT molecular complexity index is 3270. The van der Waals surface area contributed by atoms with Crippen molar-refractivity contribution in [3.63, 3.8) is 0 Å². The number of aliphatic hydroxyl groups excluding tert-OH is 7. The standard InChI is InChI=1S/C26H30FNO7.C21H24FNO6.C12H18O7.C5H10O5.29H2/c1-15-14-32-26(25(34-18(4)31)24(15)33-17(3)30)35-22-9-8-19(10-11-28-16(2)29)23(13-22)20-6-5-7-21(27)12-20;1-12(24)23-8-7-13-5-6-16(10-17(13)14-3-2-4-15(22)9-14)29-21-20(27)19(26)18(25)11-28-21;1-6-5-16-12(19-9(4)15)11(18-8(3)14)10(6)17-7(2)13;6-2-1-10-5(9)4(8)3(2)7;;;;;;;;;;;;;;;;;;;;;;;;;;;;;/h5-9,12-13,15,24-26H,10-11,14H2,1-4H3,(H,28,29);2-6,9-10,18-21,25-27H,7-8,11H2,1H3,(H,23,24);6,10-12H,5H2,1-4H3;2-9H,1H2;29*1H/t15-,24+,25-,26?;18-,19+,20-,21?;6-,10+,11-,12?;2-,3+,4-,5?;;;;;;;;;;;;;;;;;;;;;;;;;;;;;/m0000............................./s1/i;;;;29*1+2T.